The molecule has 2 aromatic carbocycles. The summed E-state index contributed by atoms with van der Waals surface area (Å²) in [7, 11) is 0. The van der Waals surface area contributed by atoms with Crippen LogP contribution in [0, 0.1) is 11.8 Å². The van der Waals surface area contributed by atoms with Crippen LogP contribution in [0.4, 0.5) is 5.69 Å². The van der Waals surface area contributed by atoms with E-state index in [0.717, 1.165) is 6.42 Å². The molecule has 0 aliphatic carbocycles. The number of amides is 2. The molecule has 7 heteroatoms. The van der Waals surface area contributed by atoms with Crippen molar-refractivity contribution in [1.82, 2.24) is 4.90 Å². The summed E-state index contributed by atoms with van der Waals surface area (Å²) in [5, 5.41) is 2.94. The Balaban J connectivity index is 1.19. The van der Waals surface area contributed by atoms with Gasteiger partial charge in [-0.05, 0) is 24.1 Å². The number of hydrogen-bond donors (Lipinski definition) is 1. The van der Waals surface area contributed by atoms with Gasteiger partial charge in [0, 0.05) is 18.3 Å². The largest absolute Gasteiger partial charge is 0.454 e. The zero-order valence-corrected chi connectivity index (χ0v) is 16.8. The molecule has 0 saturated carbocycles. The molecule has 1 spiro atoms. The fraction of sp³-hybridized carbons (Fsp3) is 0.333. The van der Waals surface area contributed by atoms with Crippen LogP contribution < -0.4 is 14.8 Å². The molecule has 2 amide bonds. The third-order valence-corrected chi connectivity index (χ3v) is 6.63. The van der Waals surface area contributed by atoms with E-state index in [1.807, 2.05) is 35.3 Å². The van der Waals surface area contributed by atoms with Gasteiger partial charge in [-0.2, -0.15) is 0 Å². The lowest BCUT2D eigenvalue weighted by molar-refractivity contribution is -0.135. The first-order chi connectivity index (χ1) is 15.1. The van der Waals surface area contributed by atoms with Gasteiger partial charge in [0.25, 0.3) is 0 Å². The third kappa shape index (κ3) is 2.91. The van der Waals surface area contributed by atoms with Gasteiger partial charge in [-0.25, -0.2) is 0 Å². The van der Waals surface area contributed by atoms with Crippen LogP contribution in [0.15, 0.2) is 60.7 Å². The standard InChI is InChI=1S/C24H22N2O5/c27-22(25-16-6-7-17-19(12-16)30-14-29-17)20-18-8-10-24(31-18)13-26(23(28)21(20)24)11-9-15-4-2-1-3-5-15/h1-8,10,12,18,20-21H,9,11,13-14H2,(H,25,27)/t18-,20?,21?,24?/m0/s1. The smallest absolute Gasteiger partial charge is 0.231 e. The highest BCUT2D eigenvalue weighted by Crippen LogP contribution is 2.52. The summed E-state index contributed by atoms with van der Waals surface area (Å²) >= 11 is 0. The monoisotopic (exact) mass is 418 g/mol. The topological polar surface area (TPSA) is 77.1 Å². The maximum Gasteiger partial charge on any atom is 0.231 e. The number of ether oxygens (including phenoxy) is 3. The number of nitrogens with zero attached hydrogens (tertiary/aromatic N) is 1. The van der Waals surface area contributed by atoms with Crippen LogP contribution in [0.2, 0.25) is 0 Å². The zero-order chi connectivity index (χ0) is 21.0. The Bertz CT molecular complexity index is 1080. The van der Waals surface area contributed by atoms with E-state index in [1.165, 1.54) is 5.56 Å². The van der Waals surface area contributed by atoms with Crippen molar-refractivity contribution in [2.45, 2.75) is 18.1 Å². The highest BCUT2D eigenvalue weighted by molar-refractivity contribution is 5.99. The second-order valence-electron chi connectivity index (χ2n) is 8.45. The lowest BCUT2D eigenvalue weighted by atomic mass is 9.77. The van der Waals surface area contributed by atoms with Crippen LogP contribution in [-0.2, 0) is 20.7 Å². The highest BCUT2D eigenvalue weighted by atomic mass is 16.7. The van der Waals surface area contributed by atoms with Crippen LogP contribution >= 0.6 is 0 Å². The average molecular weight is 418 g/mol. The molecule has 0 radical (unpaired) electrons. The molecule has 3 unspecified atom stereocenters. The number of benzene rings is 2. The first-order valence-corrected chi connectivity index (χ1v) is 10.5. The number of fused-ring (bicyclic) bond motifs is 2. The van der Waals surface area contributed by atoms with Crippen molar-refractivity contribution in [2.24, 2.45) is 11.8 Å². The minimum Gasteiger partial charge on any atom is -0.454 e. The van der Waals surface area contributed by atoms with E-state index in [9.17, 15) is 9.59 Å². The van der Waals surface area contributed by atoms with Gasteiger partial charge < -0.3 is 24.4 Å². The van der Waals surface area contributed by atoms with Crippen molar-refractivity contribution in [3.05, 3.63) is 66.2 Å². The molecule has 4 heterocycles. The Hall–Kier alpha value is -3.32. The second kappa shape index (κ2) is 6.85. The summed E-state index contributed by atoms with van der Waals surface area (Å²) in [6, 6.07) is 15.4. The summed E-state index contributed by atoms with van der Waals surface area (Å²) in [4.78, 5) is 28.4. The van der Waals surface area contributed by atoms with Gasteiger partial charge in [-0.15, -0.1) is 0 Å². The van der Waals surface area contributed by atoms with Crippen LogP contribution in [0.25, 0.3) is 0 Å². The van der Waals surface area contributed by atoms with Crippen molar-refractivity contribution < 1.29 is 23.8 Å². The molecular weight excluding hydrogens is 396 g/mol. The Morgan fingerprint density at radius 2 is 1.97 bits per heavy atom. The molecule has 2 saturated heterocycles. The molecule has 2 aromatic rings. The fourth-order valence-electron chi connectivity index (χ4n) is 5.18. The minimum absolute atomic E-state index is 0.00591. The molecular formula is C24H22N2O5. The van der Waals surface area contributed by atoms with Gasteiger partial charge in [0.05, 0.1) is 24.5 Å². The van der Waals surface area contributed by atoms with Crippen molar-refractivity contribution in [3.63, 3.8) is 0 Å². The molecule has 0 aromatic heterocycles. The van der Waals surface area contributed by atoms with Gasteiger partial charge in [0.2, 0.25) is 18.6 Å². The van der Waals surface area contributed by atoms with Crippen LogP contribution in [0.3, 0.4) is 0 Å². The van der Waals surface area contributed by atoms with Crippen molar-refractivity contribution in [2.75, 3.05) is 25.2 Å². The number of likely N-dealkylation sites (tertiary alicyclic amines) is 1. The lowest BCUT2D eigenvalue weighted by Gasteiger charge is -2.23. The van der Waals surface area contributed by atoms with E-state index in [4.69, 9.17) is 14.2 Å². The summed E-state index contributed by atoms with van der Waals surface area (Å²) < 4.78 is 16.9. The van der Waals surface area contributed by atoms with Gasteiger partial charge in [-0.1, -0.05) is 42.5 Å². The van der Waals surface area contributed by atoms with Crippen LogP contribution in [-0.4, -0.2) is 48.3 Å². The van der Waals surface area contributed by atoms with Crippen LogP contribution in [0.5, 0.6) is 11.5 Å². The van der Waals surface area contributed by atoms with Gasteiger partial charge in [0.15, 0.2) is 11.5 Å². The first kappa shape index (κ1) is 18.4. The fourth-order valence-corrected chi connectivity index (χ4v) is 5.18. The Morgan fingerprint density at radius 1 is 1.13 bits per heavy atom. The number of nitrogens with one attached hydrogen (secondary N) is 1. The van der Waals surface area contributed by atoms with E-state index < -0.39 is 17.4 Å². The number of anilines is 1. The Morgan fingerprint density at radius 3 is 2.84 bits per heavy atom. The molecule has 7 nitrogen and oxygen atoms in total. The molecule has 1 N–H and O–H groups in total. The number of hydrogen-bond acceptors (Lipinski definition) is 5. The van der Waals surface area contributed by atoms with E-state index in [0.29, 0.717) is 30.3 Å². The lowest BCUT2D eigenvalue weighted by Crippen LogP contribution is -2.41. The quantitative estimate of drug-likeness (QED) is 0.755. The van der Waals surface area contributed by atoms with Gasteiger partial charge >= 0.3 is 0 Å². The molecule has 158 valence electrons. The summed E-state index contributed by atoms with van der Waals surface area (Å²) in [6.07, 6.45) is 4.30. The second-order valence-corrected chi connectivity index (χ2v) is 8.45. The van der Waals surface area contributed by atoms with E-state index in [2.05, 4.69) is 17.4 Å². The van der Waals surface area contributed by atoms with E-state index >= 15 is 0 Å². The number of rotatable bonds is 5. The van der Waals surface area contributed by atoms with Crippen molar-refractivity contribution in [3.8, 4) is 11.5 Å². The summed E-state index contributed by atoms with van der Waals surface area (Å²) in [6.45, 7) is 1.28. The van der Waals surface area contributed by atoms with E-state index in [-0.39, 0.29) is 24.7 Å². The van der Waals surface area contributed by atoms with Gasteiger partial charge in [0.1, 0.15) is 5.60 Å². The highest BCUT2D eigenvalue weighted by Gasteiger charge is 2.66. The molecule has 2 fully saturated rings. The predicted octanol–water partition coefficient (Wildman–Crippen LogP) is 2.38. The number of carbonyl (C=O) groups is 2. The van der Waals surface area contributed by atoms with E-state index in [1.54, 1.807) is 18.2 Å². The van der Waals surface area contributed by atoms with Crippen molar-refractivity contribution in [1.29, 1.82) is 0 Å². The SMILES string of the molecule is O=C(Nc1ccc2c(c1)OCO2)C1C2C(=O)N(CCc3ccccc3)CC23C=C[C@@H]1O3. The molecule has 6 rings (SSSR count). The normalized spacial score (nSPS) is 29.5. The minimum atomic E-state index is -0.699. The molecule has 4 aliphatic rings. The molecule has 4 atom stereocenters. The Kier molecular flexibility index (Phi) is 4.08. The number of carbonyl (C=O) groups excluding carboxylic acids is 2. The maximum absolute atomic E-state index is 13.3. The zero-order valence-electron chi connectivity index (χ0n) is 16.8. The summed E-state index contributed by atoms with van der Waals surface area (Å²) in [5.74, 6) is -0.00513. The summed E-state index contributed by atoms with van der Waals surface area (Å²) in [5.41, 5.74) is 1.10. The average Bonchev–Trinajstić information content (AvgIpc) is 3.53. The molecule has 2 bridgehead atoms. The Labute approximate surface area is 179 Å². The van der Waals surface area contributed by atoms with Crippen molar-refractivity contribution >= 4 is 17.5 Å². The first-order valence-electron chi connectivity index (χ1n) is 10.5. The predicted molar refractivity (Wildman–Crippen MR) is 112 cm³/mol. The maximum atomic E-state index is 13.3. The van der Waals surface area contributed by atoms with Gasteiger partial charge in [-0.3, -0.25) is 9.59 Å². The van der Waals surface area contributed by atoms with Crippen LogP contribution in [0.1, 0.15) is 5.56 Å². The molecule has 31 heavy (non-hydrogen) atoms. The molecule has 4 aliphatic heterocycles. The third-order valence-electron chi connectivity index (χ3n) is 6.63.